The average Bonchev–Trinajstić information content (AvgIpc) is 3.18. The molecule has 2 atom stereocenters. The first-order chi connectivity index (χ1) is 13.5. The third-order valence-corrected chi connectivity index (χ3v) is 6.30. The Bertz CT molecular complexity index is 1000. The van der Waals surface area contributed by atoms with E-state index in [1.807, 2.05) is 37.3 Å². The molecule has 142 valence electrons. The normalized spacial score (nSPS) is 26.3. The largest absolute Gasteiger partial charge is 0.367 e. The van der Waals surface area contributed by atoms with Gasteiger partial charge >= 0.3 is 6.03 Å². The highest BCUT2D eigenvalue weighted by molar-refractivity contribution is 6.30. The van der Waals surface area contributed by atoms with Crippen molar-refractivity contribution in [3.63, 3.8) is 0 Å². The Morgan fingerprint density at radius 2 is 1.79 bits per heavy atom. The number of hydrogen-bond acceptors (Lipinski definition) is 4. The summed E-state index contributed by atoms with van der Waals surface area (Å²) in [5.74, 6) is -0.895. The Hall–Kier alpha value is -3.15. The Morgan fingerprint density at radius 1 is 1.04 bits per heavy atom. The molecular weight excluding hydrogens is 354 g/mol. The van der Waals surface area contributed by atoms with E-state index < -0.39 is 23.3 Å². The Balaban J connectivity index is 1.65. The van der Waals surface area contributed by atoms with Gasteiger partial charge in [-0.2, -0.15) is 0 Å². The lowest BCUT2D eigenvalue weighted by Gasteiger charge is -2.49. The SMILES string of the molecule is Cc1ccc(N2C(=O)NC(=O)[C@@]3(Cc4ccccc4N4CCC[C@H]43)C2=O)cc1. The standard InChI is InChI=1S/C22H21N3O3/c1-14-8-10-16(11-9-14)25-20(27)22(19(26)23-21(25)28)13-15-5-2-3-6-17(15)24-12-4-7-18(22)24/h2-3,5-6,8-11,18H,4,7,12-13H2,1H3,(H,23,26,28)/t18-,22-/m0/s1. The second-order valence-corrected chi connectivity index (χ2v) is 7.86. The maximum Gasteiger partial charge on any atom is 0.335 e. The molecule has 5 rings (SSSR count). The van der Waals surface area contributed by atoms with E-state index in [-0.39, 0.29) is 6.04 Å². The van der Waals surface area contributed by atoms with Crippen molar-refractivity contribution in [3.8, 4) is 0 Å². The first-order valence-electron chi connectivity index (χ1n) is 9.63. The van der Waals surface area contributed by atoms with Gasteiger partial charge in [0, 0.05) is 12.2 Å². The second kappa shape index (κ2) is 5.92. The van der Waals surface area contributed by atoms with Crippen LogP contribution in [-0.2, 0) is 16.0 Å². The monoisotopic (exact) mass is 375 g/mol. The number of urea groups is 1. The number of carbonyl (C=O) groups is 3. The lowest BCUT2D eigenvalue weighted by molar-refractivity contribution is -0.144. The molecular formula is C22H21N3O3. The van der Waals surface area contributed by atoms with Crippen LogP contribution < -0.4 is 15.1 Å². The van der Waals surface area contributed by atoms with Crippen LogP contribution >= 0.6 is 0 Å². The van der Waals surface area contributed by atoms with Crippen LogP contribution in [0.25, 0.3) is 0 Å². The van der Waals surface area contributed by atoms with Crippen LogP contribution in [0.1, 0.15) is 24.0 Å². The van der Waals surface area contributed by atoms with Crippen molar-refractivity contribution < 1.29 is 14.4 Å². The van der Waals surface area contributed by atoms with Crippen molar-refractivity contribution in [1.29, 1.82) is 0 Å². The number of para-hydroxylation sites is 1. The van der Waals surface area contributed by atoms with Crippen LogP contribution in [0, 0.1) is 12.3 Å². The Labute approximate surface area is 163 Å². The third kappa shape index (κ3) is 2.17. The molecule has 1 spiro atoms. The summed E-state index contributed by atoms with van der Waals surface area (Å²) >= 11 is 0. The number of amides is 4. The molecule has 0 bridgehead atoms. The minimum absolute atomic E-state index is 0.240. The van der Waals surface area contributed by atoms with Gasteiger partial charge in [0.15, 0.2) is 5.41 Å². The molecule has 3 heterocycles. The van der Waals surface area contributed by atoms with Gasteiger partial charge in [-0.05, 0) is 49.9 Å². The highest BCUT2D eigenvalue weighted by Crippen LogP contribution is 2.48. The summed E-state index contributed by atoms with van der Waals surface area (Å²) in [6, 6.07) is 14.2. The van der Waals surface area contributed by atoms with Crippen LogP contribution in [0.3, 0.4) is 0 Å². The van der Waals surface area contributed by atoms with Gasteiger partial charge in [-0.1, -0.05) is 35.9 Å². The van der Waals surface area contributed by atoms with E-state index in [0.29, 0.717) is 12.1 Å². The minimum atomic E-state index is -1.29. The summed E-state index contributed by atoms with van der Waals surface area (Å²) < 4.78 is 0. The minimum Gasteiger partial charge on any atom is -0.367 e. The quantitative estimate of drug-likeness (QED) is 0.778. The van der Waals surface area contributed by atoms with E-state index in [9.17, 15) is 14.4 Å². The number of imide groups is 2. The van der Waals surface area contributed by atoms with Gasteiger partial charge in [0.25, 0.3) is 5.91 Å². The van der Waals surface area contributed by atoms with E-state index in [4.69, 9.17) is 0 Å². The molecule has 0 aliphatic carbocycles. The average molecular weight is 375 g/mol. The molecule has 0 unspecified atom stereocenters. The molecule has 2 saturated heterocycles. The van der Waals surface area contributed by atoms with Gasteiger partial charge in [0.2, 0.25) is 5.91 Å². The fourth-order valence-corrected chi connectivity index (χ4v) is 4.96. The van der Waals surface area contributed by atoms with Crippen molar-refractivity contribution in [3.05, 3.63) is 59.7 Å². The zero-order chi connectivity index (χ0) is 19.5. The van der Waals surface area contributed by atoms with E-state index in [2.05, 4.69) is 16.3 Å². The van der Waals surface area contributed by atoms with Crippen LogP contribution in [0.5, 0.6) is 0 Å². The summed E-state index contributed by atoms with van der Waals surface area (Å²) in [7, 11) is 0. The molecule has 6 nitrogen and oxygen atoms in total. The third-order valence-electron chi connectivity index (χ3n) is 6.30. The van der Waals surface area contributed by atoms with Crippen molar-refractivity contribution in [1.82, 2.24) is 5.32 Å². The van der Waals surface area contributed by atoms with Crippen molar-refractivity contribution in [2.75, 3.05) is 16.3 Å². The molecule has 2 aromatic rings. The number of carbonyl (C=O) groups excluding carboxylic acids is 3. The number of fused-ring (bicyclic) bond motifs is 4. The summed E-state index contributed by atoms with van der Waals surface area (Å²) in [6.07, 6.45) is 1.98. The molecule has 28 heavy (non-hydrogen) atoms. The first kappa shape index (κ1) is 17.0. The van der Waals surface area contributed by atoms with Crippen LogP contribution in [0.2, 0.25) is 0 Å². The number of anilines is 2. The molecule has 2 aromatic carbocycles. The fraction of sp³-hybridized carbons (Fsp3) is 0.318. The molecule has 3 aliphatic rings. The van der Waals surface area contributed by atoms with Crippen LogP contribution in [-0.4, -0.2) is 30.4 Å². The lowest BCUT2D eigenvalue weighted by atomic mass is 9.68. The summed E-state index contributed by atoms with van der Waals surface area (Å²) in [5, 5.41) is 2.48. The van der Waals surface area contributed by atoms with E-state index in [1.54, 1.807) is 12.1 Å². The number of nitrogens with zero attached hydrogens (tertiary/aromatic N) is 2. The molecule has 1 N–H and O–H groups in total. The number of rotatable bonds is 1. The van der Waals surface area contributed by atoms with Crippen molar-refractivity contribution in [2.45, 2.75) is 32.2 Å². The molecule has 0 saturated carbocycles. The number of barbiturate groups is 1. The van der Waals surface area contributed by atoms with Gasteiger partial charge in [0.05, 0.1) is 11.7 Å². The highest BCUT2D eigenvalue weighted by atomic mass is 16.2. The van der Waals surface area contributed by atoms with Crippen molar-refractivity contribution >= 4 is 29.2 Å². The van der Waals surface area contributed by atoms with Crippen LogP contribution in [0.4, 0.5) is 16.2 Å². The summed E-state index contributed by atoms with van der Waals surface area (Å²) in [4.78, 5) is 42.9. The zero-order valence-corrected chi connectivity index (χ0v) is 15.6. The van der Waals surface area contributed by atoms with Gasteiger partial charge in [0.1, 0.15) is 0 Å². The molecule has 6 heteroatoms. The number of aryl methyl sites for hydroxylation is 1. The molecule has 2 fully saturated rings. The summed E-state index contributed by atoms with van der Waals surface area (Å²) in [5.41, 5.74) is 2.30. The Kier molecular flexibility index (Phi) is 3.59. The zero-order valence-electron chi connectivity index (χ0n) is 15.6. The van der Waals surface area contributed by atoms with Crippen molar-refractivity contribution in [2.24, 2.45) is 5.41 Å². The van der Waals surface area contributed by atoms with Gasteiger partial charge in [-0.25, -0.2) is 9.69 Å². The highest BCUT2D eigenvalue weighted by Gasteiger charge is 2.62. The summed E-state index contributed by atoms with van der Waals surface area (Å²) in [6.45, 7) is 2.75. The molecule has 3 aliphatic heterocycles. The lowest BCUT2D eigenvalue weighted by Crippen LogP contribution is -2.71. The van der Waals surface area contributed by atoms with Gasteiger partial charge in [-0.15, -0.1) is 0 Å². The predicted molar refractivity (Wildman–Crippen MR) is 105 cm³/mol. The number of nitrogens with one attached hydrogen (secondary N) is 1. The predicted octanol–water partition coefficient (Wildman–Crippen LogP) is 2.79. The number of hydrogen-bond donors (Lipinski definition) is 1. The Morgan fingerprint density at radius 3 is 2.57 bits per heavy atom. The van der Waals surface area contributed by atoms with E-state index in [1.165, 1.54) is 0 Å². The fourth-order valence-electron chi connectivity index (χ4n) is 4.96. The molecule has 0 radical (unpaired) electrons. The maximum atomic E-state index is 13.8. The van der Waals surface area contributed by atoms with Crippen LogP contribution in [0.15, 0.2) is 48.5 Å². The molecule has 4 amide bonds. The van der Waals surface area contributed by atoms with E-state index in [0.717, 1.165) is 41.1 Å². The van der Waals surface area contributed by atoms with Gasteiger partial charge < -0.3 is 4.90 Å². The number of benzene rings is 2. The van der Waals surface area contributed by atoms with Gasteiger partial charge in [-0.3, -0.25) is 14.9 Å². The second-order valence-electron chi connectivity index (χ2n) is 7.86. The maximum absolute atomic E-state index is 13.8. The topological polar surface area (TPSA) is 69.7 Å². The molecule has 0 aromatic heterocycles. The first-order valence-corrected chi connectivity index (χ1v) is 9.63. The van der Waals surface area contributed by atoms with E-state index >= 15 is 0 Å². The smallest absolute Gasteiger partial charge is 0.335 e.